The number of nitrogens with zero attached hydrogens (tertiary/aromatic N) is 2. The van der Waals surface area contributed by atoms with E-state index in [1.165, 1.54) is 12.8 Å². The van der Waals surface area contributed by atoms with Crippen LogP contribution in [0.5, 0.6) is 11.5 Å². The predicted molar refractivity (Wildman–Crippen MR) is 140 cm³/mol. The number of unbranched alkanes of at least 4 members (excludes halogenated alkanes) is 3. The van der Waals surface area contributed by atoms with Crippen LogP contribution in [0.15, 0.2) is 58.5 Å². The molecule has 2 N–H and O–H groups in total. The van der Waals surface area contributed by atoms with Gasteiger partial charge in [0.25, 0.3) is 0 Å². The molecule has 0 bridgehead atoms. The second-order valence-electron chi connectivity index (χ2n) is 8.89. The Morgan fingerprint density at radius 1 is 0.559 bits per heavy atom. The Bertz CT molecular complexity index is 845. The summed E-state index contributed by atoms with van der Waals surface area (Å²) >= 11 is 0. The van der Waals surface area contributed by atoms with Gasteiger partial charge in [0.15, 0.2) is 0 Å². The van der Waals surface area contributed by atoms with Crippen LogP contribution in [-0.4, -0.2) is 51.1 Å². The van der Waals surface area contributed by atoms with Crippen LogP contribution in [0.3, 0.4) is 0 Å². The fourth-order valence-electron chi connectivity index (χ4n) is 4.12. The van der Waals surface area contributed by atoms with E-state index in [1.807, 2.05) is 24.3 Å². The van der Waals surface area contributed by atoms with Crippen LogP contribution in [0, 0.1) is 0 Å². The summed E-state index contributed by atoms with van der Waals surface area (Å²) in [5, 5.41) is 6.83. The summed E-state index contributed by atoms with van der Waals surface area (Å²) in [6.45, 7) is 5.32. The minimum absolute atomic E-state index is 0.749. The summed E-state index contributed by atoms with van der Waals surface area (Å²) in [6, 6.07) is 16.6. The van der Waals surface area contributed by atoms with E-state index >= 15 is 0 Å². The SMILES string of the molecule is c1cc(C2=NCCCCN2)ccc1OCCCCCCOc1ccc(C2=NCCCCN2)cc1. The molecule has 2 heterocycles. The Labute approximate surface area is 203 Å². The summed E-state index contributed by atoms with van der Waals surface area (Å²) in [6.07, 6.45) is 9.08. The molecule has 0 unspecified atom stereocenters. The molecule has 6 heteroatoms. The molecular formula is C28H38N4O2. The Balaban J connectivity index is 1.06. The van der Waals surface area contributed by atoms with Gasteiger partial charge in [0.1, 0.15) is 23.2 Å². The van der Waals surface area contributed by atoms with E-state index in [1.54, 1.807) is 0 Å². The molecule has 4 rings (SSSR count). The second-order valence-corrected chi connectivity index (χ2v) is 8.89. The normalized spacial score (nSPS) is 16.2. The van der Waals surface area contributed by atoms with Crippen molar-refractivity contribution in [3.8, 4) is 11.5 Å². The fraction of sp³-hybridized carbons (Fsp3) is 0.500. The number of nitrogens with one attached hydrogen (secondary N) is 2. The van der Waals surface area contributed by atoms with E-state index < -0.39 is 0 Å². The monoisotopic (exact) mass is 462 g/mol. The van der Waals surface area contributed by atoms with Gasteiger partial charge < -0.3 is 20.1 Å². The topological polar surface area (TPSA) is 67.2 Å². The zero-order valence-corrected chi connectivity index (χ0v) is 20.2. The van der Waals surface area contributed by atoms with Crippen molar-refractivity contribution in [3.63, 3.8) is 0 Å². The van der Waals surface area contributed by atoms with Crippen molar-refractivity contribution in [2.45, 2.75) is 51.4 Å². The lowest BCUT2D eigenvalue weighted by atomic mass is 10.2. The van der Waals surface area contributed by atoms with Gasteiger partial charge in [0.05, 0.1) is 13.2 Å². The Hall–Kier alpha value is -3.02. The van der Waals surface area contributed by atoms with Gasteiger partial charge in [-0.2, -0.15) is 0 Å². The molecule has 0 saturated heterocycles. The average molecular weight is 463 g/mol. The molecule has 0 aromatic heterocycles. The van der Waals surface area contributed by atoms with Crippen molar-refractivity contribution in [3.05, 3.63) is 59.7 Å². The van der Waals surface area contributed by atoms with Crippen molar-refractivity contribution in [2.24, 2.45) is 9.98 Å². The standard InChI is InChI=1S/C28H38N4O2/c1(7-21-33-25-13-9-23(10-14-25)27-29-17-3-4-18-30-27)2-8-22-34-26-15-11-24(12-16-26)28-31-19-5-6-20-32-28/h9-16H,1-8,17-22H2,(H,29,30)(H,31,32). The van der Waals surface area contributed by atoms with Crippen LogP contribution in [-0.2, 0) is 0 Å². The molecule has 182 valence electrons. The van der Waals surface area contributed by atoms with Crippen molar-refractivity contribution < 1.29 is 9.47 Å². The molecule has 6 nitrogen and oxygen atoms in total. The molecule has 0 aliphatic carbocycles. The van der Waals surface area contributed by atoms with Gasteiger partial charge in [-0.1, -0.05) is 0 Å². The third-order valence-corrected chi connectivity index (χ3v) is 6.13. The lowest BCUT2D eigenvalue weighted by molar-refractivity contribution is 0.287. The first-order valence-electron chi connectivity index (χ1n) is 12.9. The van der Waals surface area contributed by atoms with E-state index in [2.05, 4.69) is 44.9 Å². The molecule has 0 saturated carbocycles. The fourth-order valence-corrected chi connectivity index (χ4v) is 4.12. The number of ether oxygens (including phenoxy) is 2. The summed E-state index contributed by atoms with van der Waals surface area (Å²) in [5.74, 6) is 3.87. The van der Waals surface area contributed by atoms with E-state index in [0.29, 0.717) is 0 Å². The Kier molecular flexibility index (Phi) is 9.67. The quantitative estimate of drug-likeness (QED) is 0.463. The van der Waals surface area contributed by atoms with Crippen LogP contribution in [0.2, 0.25) is 0 Å². The largest absolute Gasteiger partial charge is 0.494 e. The van der Waals surface area contributed by atoms with Gasteiger partial charge in [-0.05, 0) is 99.9 Å². The molecule has 0 fully saturated rings. The van der Waals surface area contributed by atoms with Crippen molar-refractivity contribution >= 4 is 11.7 Å². The van der Waals surface area contributed by atoms with Crippen molar-refractivity contribution in [1.82, 2.24) is 10.6 Å². The van der Waals surface area contributed by atoms with E-state index in [9.17, 15) is 0 Å². The van der Waals surface area contributed by atoms with Gasteiger partial charge in [0.2, 0.25) is 0 Å². The maximum atomic E-state index is 5.91. The van der Waals surface area contributed by atoms with Crippen molar-refractivity contribution in [2.75, 3.05) is 39.4 Å². The first-order chi connectivity index (χ1) is 16.9. The van der Waals surface area contributed by atoms with Crippen molar-refractivity contribution in [1.29, 1.82) is 0 Å². The molecule has 2 aromatic rings. The summed E-state index contributed by atoms with van der Waals surface area (Å²) < 4.78 is 11.8. The highest BCUT2D eigenvalue weighted by Crippen LogP contribution is 2.16. The van der Waals surface area contributed by atoms with Crippen LogP contribution < -0.4 is 20.1 Å². The maximum Gasteiger partial charge on any atom is 0.128 e. The van der Waals surface area contributed by atoms with Gasteiger partial charge >= 0.3 is 0 Å². The number of rotatable bonds is 11. The zero-order valence-electron chi connectivity index (χ0n) is 20.2. The summed E-state index contributed by atoms with van der Waals surface area (Å²) in [4.78, 5) is 9.25. The highest BCUT2D eigenvalue weighted by atomic mass is 16.5. The lowest BCUT2D eigenvalue weighted by Crippen LogP contribution is -2.24. The first-order valence-corrected chi connectivity index (χ1v) is 12.9. The van der Waals surface area contributed by atoms with E-state index in [-0.39, 0.29) is 0 Å². The molecule has 34 heavy (non-hydrogen) atoms. The summed E-state index contributed by atoms with van der Waals surface area (Å²) in [5.41, 5.74) is 2.28. The van der Waals surface area contributed by atoms with Crippen LogP contribution >= 0.6 is 0 Å². The molecule has 0 amide bonds. The molecule has 0 radical (unpaired) electrons. The molecule has 2 aliphatic rings. The van der Waals surface area contributed by atoms with E-state index in [0.717, 1.165) is 112 Å². The van der Waals surface area contributed by atoms with Crippen LogP contribution in [0.1, 0.15) is 62.5 Å². The number of benzene rings is 2. The molecule has 0 atom stereocenters. The number of hydrogen-bond acceptors (Lipinski definition) is 6. The smallest absolute Gasteiger partial charge is 0.128 e. The third kappa shape index (κ3) is 7.79. The highest BCUT2D eigenvalue weighted by molar-refractivity contribution is 5.99. The van der Waals surface area contributed by atoms with Gasteiger partial charge in [0, 0.05) is 37.3 Å². The summed E-state index contributed by atoms with van der Waals surface area (Å²) in [7, 11) is 0. The van der Waals surface area contributed by atoms with E-state index in [4.69, 9.17) is 9.47 Å². The first kappa shape index (κ1) is 24.1. The second kappa shape index (κ2) is 13.6. The van der Waals surface area contributed by atoms with Gasteiger partial charge in [-0.3, -0.25) is 9.98 Å². The highest BCUT2D eigenvalue weighted by Gasteiger charge is 2.07. The number of aliphatic imine (C=N–C) groups is 2. The average Bonchev–Trinajstić information content (AvgIpc) is 3.32. The predicted octanol–water partition coefficient (Wildman–Crippen LogP) is 4.96. The minimum atomic E-state index is 0.749. The number of hydrogen-bond donors (Lipinski definition) is 2. The van der Waals surface area contributed by atoms with Gasteiger partial charge in [-0.25, -0.2) is 0 Å². The number of amidine groups is 2. The maximum absolute atomic E-state index is 5.91. The van der Waals surface area contributed by atoms with Crippen LogP contribution in [0.4, 0.5) is 0 Å². The van der Waals surface area contributed by atoms with Gasteiger partial charge in [-0.15, -0.1) is 0 Å². The molecule has 2 aliphatic heterocycles. The molecular weight excluding hydrogens is 424 g/mol. The molecule has 2 aromatic carbocycles. The third-order valence-electron chi connectivity index (χ3n) is 6.13. The lowest BCUT2D eigenvalue weighted by Gasteiger charge is -2.10. The Morgan fingerprint density at radius 3 is 1.44 bits per heavy atom. The minimum Gasteiger partial charge on any atom is -0.494 e. The zero-order chi connectivity index (χ0) is 23.3. The molecule has 0 spiro atoms. The van der Waals surface area contributed by atoms with Crippen LogP contribution in [0.25, 0.3) is 0 Å². The Morgan fingerprint density at radius 2 is 1.00 bits per heavy atom.